The van der Waals surface area contributed by atoms with Crippen molar-refractivity contribution in [2.45, 2.75) is 50.8 Å². The third-order valence-corrected chi connectivity index (χ3v) is 7.69. The zero-order chi connectivity index (χ0) is 30.3. The minimum absolute atomic E-state index is 0.0133. The van der Waals surface area contributed by atoms with Gasteiger partial charge in [0, 0.05) is 31.6 Å². The molecule has 0 unspecified atom stereocenters. The van der Waals surface area contributed by atoms with Gasteiger partial charge < -0.3 is 19.3 Å². The van der Waals surface area contributed by atoms with Crippen LogP contribution >= 0.6 is 0 Å². The van der Waals surface area contributed by atoms with Crippen molar-refractivity contribution in [3.8, 4) is 5.75 Å². The fraction of sp³-hybridized carbons (Fsp3) is 0.394. The van der Waals surface area contributed by atoms with Gasteiger partial charge in [0.2, 0.25) is 0 Å². The normalized spacial score (nSPS) is 17.1. The number of hydrogen-bond donors (Lipinski definition) is 0. The Bertz CT molecular complexity index is 1350. The van der Waals surface area contributed by atoms with Gasteiger partial charge in [-0.15, -0.1) is 0 Å². The van der Waals surface area contributed by atoms with Crippen molar-refractivity contribution in [3.63, 3.8) is 0 Å². The van der Waals surface area contributed by atoms with Crippen molar-refractivity contribution < 1.29 is 32.2 Å². The fourth-order valence-electron chi connectivity index (χ4n) is 5.50. The molecule has 0 radical (unpaired) electrons. The molecule has 1 heterocycles. The van der Waals surface area contributed by atoms with E-state index in [1.165, 1.54) is 30.6 Å². The third-order valence-electron chi connectivity index (χ3n) is 7.69. The van der Waals surface area contributed by atoms with E-state index in [-0.39, 0.29) is 24.2 Å². The molecule has 6 nitrogen and oxygen atoms in total. The number of rotatable bonds is 11. The van der Waals surface area contributed by atoms with Crippen LogP contribution in [0.5, 0.6) is 5.75 Å². The van der Waals surface area contributed by atoms with Crippen LogP contribution in [-0.4, -0.2) is 56.7 Å². The summed E-state index contributed by atoms with van der Waals surface area (Å²) in [4.78, 5) is 29.7. The van der Waals surface area contributed by atoms with Crippen LogP contribution in [0.25, 0.3) is 0 Å². The highest BCUT2D eigenvalue weighted by Gasteiger charge is 2.44. The topological polar surface area (TPSA) is 59.1 Å². The lowest BCUT2D eigenvalue weighted by Crippen LogP contribution is -2.45. The second-order valence-electron chi connectivity index (χ2n) is 10.7. The van der Waals surface area contributed by atoms with Crippen LogP contribution in [-0.2, 0) is 33.3 Å². The number of anilines is 1. The van der Waals surface area contributed by atoms with Crippen LogP contribution in [0, 0.1) is 0 Å². The fourth-order valence-corrected chi connectivity index (χ4v) is 5.50. The highest BCUT2D eigenvalue weighted by molar-refractivity contribution is 6.00. The lowest BCUT2D eigenvalue weighted by Gasteiger charge is -2.29. The predicted molar refractivity (Wildman–Crippen MR) is 156 cm³/mol. The van der Waals surface area contributed by atoms with E-state index < -0.39 is 35.6 Å². The van der Waals surface area contributed by atoms with Gasteiger partial charge in [-0.3, -0.25) is 9.59 Å². The van der Waals surface area contributed by atoms with E-state index in [1.807, 2.05) is 25.2 Å². The number of amides is 1. The first kappa shape index (κ1) is 31.1. The summed E-state index contributed by atoms with van der Waals surface area (Å²) in [5.41, 5.74) is 1.26. The average Bonchev–Trinajstić information content (AvgIpc) is 3.08. The van der Waals surface area contributed by atoms with Gasteiger partial charge in [0.1, 0.15) is 5.75 Å². The van der Waals surface area contributed by atoms with Gasteiger partial charge >= 0.3 is 12.1 Å². The molecular weight excluding hydrogens is 545 g/mol. The maximum atomic E-state index is 14.3. The molecule has 42 heavy (non-hydrogen) atoms. The zero-order valence-electron chi connectivity index (χ0n) is 24.2. The summed E-state index contributed by atoms with van der Waals surface area (Å²) in [5, 5.41) is 0. The molecule has 3 aromatic carbocycles. The Morgan fingerprint density at radius 1 is 0.976 bits per heavy atom. The molecule has 1 aliphatic heterocycles. The first-order valence-corrected chi connectivity index (χ1v) is 14.1. The Labute approximate surface area is 245 Å². The summed E-state index contributed by atoms with van der Waals surface area (Å²) >= 11 is 0. The second kappa shape index (κ2) is 13.9. The quantitative estimate of drug-likeness (QED) is 0.197. The van der Waals surface area contributed by atoms with E-state index in [9.17, 15) is 22.8 Å². The number of hydrogen-bond acceptors (Lipinski definition) is 5. The summed E-state index contributed by atoms with van der Waals surface area (Å²) < 4.78 is 53.6. The van der Waals surface area contributed by atoms with Crippen LogP contribution in [0.15, 0.2) is 72.8 Å². The molecule has 2 atom stereocenters. The van der Waals surface area contributed by atoms with Gasteiger partial charge in [0.15, 0.2) is 6.10 Å². The molecule has 0 saturated carbocycles. The van der Waals surface area contributed by atoms with E-state index in [0.717, 1.165) is 31.9 Å². The summed E-state index contributed by atoms with van der Waals surface area (Å²) in [6, 6.07) is 20.9. The lowest BCUT2D eigenvalue weighted by molar-refractivity contribution is -0.154. The number of carbonyl (C=O) groups is 2. The number of carbonyl (C=O) groups excluding carboxylic acids is 2. The number of benzene rings is 3. The zero-order valence-corrected chi connectivity index (χ0v) is 24.2. The maximum Gasteiger partial charge on any atom is 0.416 e. The number of nitrogens with zero attached hydrogens (tertiary/aromatic N) is 2. The molecule has 0 aliphatic carbocycles. The maximum absolute atomic E-state index is 14.3. The number of methoxy groups -OCH3 is 1. The molecule has 1 aliphatic rings. The lowest BCUT2D eigenvalue weighted by atomic mass is 9.86. The molecule has 0 aromatic heterocycles. The Hall–Kier alpha value is -3.85. The average molecular weight is 583 g/mol. The van der Waals surface area contributed by atoms with Crippen molar-refractivity contribution in [1.82, 2.24) is 4.90 Å². The largest absolute Gasteiger partial charge is 0.497 e. The number of esters is 1. The molecule has 0 bridgehead atoms. The molecule has 0 saturated heterocycles. The molecule has 1 amide bonds. The molecule has 0 spiro atoms. The van der Waals surface area contributed by atoms with Crippen molar-refractivity contribution in [3.05, 3.63) is 95.1 Å². The number of ether oxygens (including phenoxy) is 2. The smallest absolute Gasteiger partial charge is 0.416 e. The number of aryl methyl sites for hydroxylation is 1. The first-order valence-electron chi connectivity index (χ1n) is 14.1. The van der Waals surface area contributed by atoms with Crippen LogP contribution in [0.3, 0.4) is 0 Å². The van der Waals surface area contributed by atoms with E-state index in [1.54, 1.807) is 30.3 Å². The van der Waals surface area contributed by atoms with Crippen molar-refractivity contribution in [2.24, 2.45) is 0 Å². The minimum atomic E-state index is -4.62. The Kier molecular flexibility index (Phi) is 10.3. The number of likely N-dealkylation sites (N-methyl/N-ethyl adjacent to an activating group) is 1. The van der Waals surface area contributed by atoms with Gasteiger partial charge in [-0.2, -0.15) is 13.2 Å². The molecule has 9 heteroatoms. The van der Waals surface area contributed by atoms with E-state index in [0.29, 0.717) is 17.9 Å². The first-order chi connectivity index (χ1) is 20.1. The van der Waals surface area contributed by atoms with E-state index in [4.69, 9.17) is 9.47 Å². The highest BCUT2D eigenvalue weighted by Crippen LogP contribution is 2.43. The van der Waals surface area contributed by atoms with E-state index in [2.05, 4.69) is 17.0 Å². The second-order valence-corrected chi connectivity index (χ2v) is 10.7. The molecule has 224 valence electrons. The van der Waals surface area contributed by atoms with Gasteiger partial charge in [0.25, 0.3) is 5.91 Å². The Morgan fingerprint density at radius 3 is 2.33 bits per heavy atom. The van der Waals surface area contributed by atoms with E-state index >= 15 is 0 Å². The number of alkyl halides is 3. The molecule has 3 aromatic rings. The van der Waals surface area contributed by atoms with Crippen molar-refractivity contribution >= 4 is 17.6 Å². The monoisotopic (exact) mass is 582 g/mol. The molecule has 0 N–H and O–H groups in total. The van der Waals surface area contributed by atoms with Crippen LogP contribution in [0.1, 0.15) is 47.9 Å². The third kappa shape index (κ3) is 7.70. The number of fused-ring (bicyclic) bond motifs is 1. The predicted octanol–water partition coefficient (Wildman–Crippen LogP) is 6.27. The Morgan fingerprint density at radius 2 is 1.69 bits per heavy atom. The standard InChI is InChI=1S/C33H37F3N2O4/c1-23(39)42-31-27(25-15-17-26(41-3)18-16-25)22-28-29(33(34,35)36)13-9-14-30(28)38(32(31)40)21-20-37(2)19-8-7-12-24-10-5-4-6-11-24/h4-6,9-11,13-18,27,31H,7-8,12,19-22H2,1-3H3/t27-,31+/m0/s1. The summed E-state index contributed by atoms with van der Waals surface area (Å²) in [6.07, 6.45) is -3.16. The SMILES string of the molecule is COc1ccc([C@@H]2Cc3c(cccc3C(F)(F)F)N(CCN(C)CCCCc3ccccc3)C(=O)[C@@H]2OC(C)=O)cc1. The van der Waals surface area contributed by atoms with Crippen LogP contribution < -0.4 is 9.64 Å². The van der Waals surface area contributed by atoms with Gasteiger partial charge in [-0.25, -0.2) is 0 Å². The highest BCUT2D eigenvalue weighted by atomic mass is 19.4. The number of unbranched alkanes of at least 4 members (excludes halogenated alkanes) is 1. The summed E-state index contributed by atoms with van der Waals surface area (Å²) in [7, 11) is 3.44. The number of halogens is 3. The van der Waals surface area contributed by atoms with Crippen molar-refractivity contribution in [2.75, 3.05) is 38.7 Å². The Balaban J connectivity index is 1.60. The molecular formula is C33H37F3N2O4. The molecule has 4 rings (SSSR count). The van der Waals surface area contributed by atoms with Crippen molar-refractivity contribution in [1.29, 1.82) is 0 Å². The summed E-state index contributed by atoms with van der Waals surface area (Å²) in [6.45, 7) is 2.56. The minimum Gasteiger partial charge on any atom is -0.497 e. The van der Waals surface area contributed by atoms with Crippen LogP contribution in [0.4, 0.5) is 18.9 Å². The molecule has 0 fully saturated rings. The van der Waals surface area contributed by atoms with Crippen LogP contribution in [0.2, 0.25) is 0 Å². The summed E-state index contributed by atoms with van der Waals surface area (Å²) in [5.74, 6) is -1.48. The van der Waals surface area contributed by atoms with Gasteiger partial charge in [-0.05, 0) is 80.2 Å². The van der Waals surface area contributed by atoms with Gasteiger partial charge in [-0.1, -0.05) is 48.5 Å². The van der Waals surface area contributed by atoms with Gasteiger partial charge in [0.05, 0.1) is 12.7 Å².